The lowest BCUT2D eigenvalue weighted by Gasteiger charge is -2.40. The monoisotopic (exact) mass is 288 g/mol. The van der Waals surface area contributed by atoms with Crippen molar-refractivity contribution in [1.29, 1.82) is 0 Å². The Labute approximate surface area is 128 Å². The molecule has 1 fully saturated rings. The van der Waals surface area contributed by atoms with Gasteiger partial charge in [0.05, 0.1) is 19.3 Å². The second-order valence-corrected chi connectivity index (χ2v) is 6.80. The van der Waals surface area contributed by atoms with Gasteiger partial charge in [-0.15, -0.1) is 0 Å². The minimum absolute atomic E-state index is 0.455. The Balaban J connectivity index is 1.67. The molecule has 2 heterocycles. The Hall–Kier alpha value is -0.900. The maximum absolute atomic E-state index is 5.84. The second kappa shape index (κ2) is 6.91. The van der Waals surface area contributed by atoms with Crippen molar-refractivity contribution in [3.05, 3.63) is 35.4 Å². The largest absolute Gasteiger partial charge is 0.375 e. The van der Waals surface area contributed by atoms with Crippen LogP contribution in [0.15, 0.2) is 24.3 Å². The fraction of sp³-hybridized carbons (Fsp3) is 0.667. The predicted molar refractivity (Wildman–Crippen MR) is 86.3 cm³/mol. The van der Waals surface area contributed by atoms with Gasteiger partial charge in [0, 0.05) is 12.6 Å². The van der Waals surface area contributed by atoms with Gasteiger partial charge < -0.3 is 10.1 Å². The summed E-state index contributed by atoms with van der Waals surface area (Å²) in [6.45, 7) is 9.63. The number of nitrogens with one attached hydrogen (secondary N) is 1. The Morgan fingerprint density at radius 1 is 1.33 bits per heavy atom. The molecule has 3 heteroatoms. The van der Waals surface area contributed by atoms with Crippen molar-refractivity contribution in [3.8, 4) is 0 Å². The van der Waals surface area contributed by atoms with E-state index in [2.05, 4.69) is 48.3 Å². The van der Waals surface area contributed by atoms with E-state index in [1.54, 1.807) is 0 Å². The first-order chi connectivity index (χ1) is 10.2. The molecule has 0 radical (unpaired) electrons. The zero-order valence-electron chi connectivity index (χ0n) is 13.3. The van der Waals surface area contributed by atoms with E-state index in [4.69, 9.17) is 4.74 Å². The molecule has 116 valence electrons. The van der Waals surface area contributed by atoms with Crippen LogP contribution in [0.3, 0.4) is 0 Å². The first kappa shape index (κ1) is 15.0. The molecule has 0 bridgehead atoms. The summed E-state index contributed by atoms with van der Waals surface area (Å²) in [5.41, 5.74) is 2.86. The third-order valence-electron chi connectivity index (χ3n) is 4.75. The molecule has 3 nitrogen and oxygen atoms in total. The van der Waals surface area contributed by atoms with E-state index in [1.165, 1.54) is 37.1 Å². The molecule has 3 rings (SSSR count). The van der Waals surface area contributed by atoms with Crippen molar-refractivity contribution in [2.45, 2.75) is 45.4 Å². The van der Waals surface area contributed by atoms with Gasteiger partial charge in [0.15, 0.2) is 0 Å². The molecule has 2 aliphatic heterocycles. The summed E-state index contributed by atoms with van der Waals surface area (Å²) in [5, 5.41) is 3.60. The minimum Gasteiger partial charge on any atom is -0.375 e. The van der Waals surface area contributed by atoms with Crippen molar-refractivity contribution in [3.63, 3.8) is 0 Å². The molecule has 2 atom stereocenters. The normalized spacial score (nSPS) is 26.8. The van der Waals surface area contributed by atoms with Gasteiger partial charge in [-0.3, -0.25) is 4.90 Å². The Kier molecular flexibility index (Phi) is 4.94. The quantitative estimate of drug-likeness (QED) is 0.922. The minimum atomic E-state index is 0.455. The first-order valence-electron chi connectivity index (χ1n) is 8.37. The van der Waals surface area contributed by atoms with Crippen LogP contribution in [0.5, 0.6) is 0 Å². The number of fused-ring (bicyclic) bond motifs is 1. The van der Waals surface area contributed by atoms with Crippen LogP contribution in [-0.4, -0.2) is 37.2 Å². The number of rotatable bonds is 4. The van der Waals surface area contributed by atoms with Crippen molar-refractivity contribution in [1.82, 2.24) is 10.2 Å². The van der Waals surface area contributed by atoms with Crippen molar-refractivity contribution in [2.24, 2.45) is 5.92 Å². The zero-order chi connectivity index (χ0) is 14.7. The van der Waals surface area contributed by atoms with Crippen molar-refractivity contribution < 1.29 is 4.74 Å². The van der Waals surface area contributed by atoms with Crippen LogP contribution >= 0.6 is 0 Å². The maximum atomic E-state index is 5.84. The average molecular weight is 288 g/mol. The summed E-state index contributed by atoms with van der Waals surface area (Å²) >= 11 is 0. The molecular weight excluding hydrogens is 260 g/mol. The van der Waals surface area contributed by atoms with E-state index in [0.29, 0.717) is 12.1 Å². The van der Waals surface area contributed by atoms with E-state index in [0.717, 1.165) is 25.7 Å². The molecule has 0 amide bonds. The van der Waals surface area contributed by atoms with Gasteiger partial charge in [0.1, 0.15) is 0 Å². The van der Waals surface area contributed by atoms with Crippen LogP contribution in [0, 0.1) is 5.92 Å². The second-order valence-electron chi connectivity index (χ2n) is 6.80. The molecule has 0 aromatic heterocycles. The molecule has 21 heavy (non-hydrogen) atoms. The fourth-order valence-corrected chi connectivity index (χ4v) is 3.61. The molecule has 2 aliphatic rings. The number of hydrogen-bond donors (Lipinski definition) is 1. The summed E-state index contributed by atoms with van der Waals surface area (Å²) in [7, 11) is 0. The standard InChI is InChI=1S/C18H28N2O/c1-14(2)19-10-15-6-5-9-20(11-15)18-13-21-12-16-7-3-4-8-17(16)18/h3-4,7-8,14-15,18-19H,5-6,9-13H2,1-2H3. The molecule has 0 aliphatic carbocycles. The number of piperidine rings is 1. The number of hydrogen-bond acceptors (Lipinski definition) is 3. The fourth-order valence-electron chi connectivity index (χ4n) is 3.61. The molecule has 2 unspecified atom stereocenters. The van der Waals surface area contributed by atoms with Crippen LogP contribution in [0.25, 0.3) is 0 Å². The zero-order valence-corrected chi connectivity index (χ0v) is 13.3. The van der Waals surface area contributed by atoms with Crippen LogP contribution in [0.1, 0.15) is 43.9 Å². The van der Waals surface area contributed by atoms with Crippen LogP contribution in [-0.2, 0) is 11.3 Å². The lowest BCUT2D eigenvalue weighted by atomic mass is 9.92. The number of likely N-dealkylation sites (tertiary alicyclic amines) is 1. The maximum Gasteiger partial charge on any atom is 0.0721 e. The SMILES string of the molecule is CC(C)NCC1CCCN(C2COCc3ccccc32)C1. The summed E-state index contributed by atoms with van der Waals surface area (Å²) in [6, 6.07) is 9.83. The first-order valence-corrected chi connectivity index (χ1v) is 8.37. The molecule has 1 N–H and O–H groups in total. The molecule has 0 saturated carbocycles. The third kappa shape index (κ3) is 3.65. The van der Waals surface area contributed by atoms with Crippen LogP contribution < -0.4 is 5.32 Å². The Bertz CT molecular complexity index is 460. The summed E-state index contributed by atoms with van der Waals surface area (Å²) in [6.07, 6.45) is 2.66. The van der Waals surface area contributed by atoms with E-state index < -0.39 is 0 Å². The summed E-state index contributed by atoms with van der Waals surface area (Å²) < 4.78 is 5.84. The van der Waals surface area contributed by atoms with Crippen LogP contribution in [0.2, 0.25) is 0 Å². The predicted octanol–water partition coefficient (Wildman–Crippen LogP) is 2.97. The van der Waals surface area contributed by atoms with Gasteiger partial charge in [0.2, 0.25) is 0 Å². The number of nitrogens with zero attached hydrogens (tertiary/aromatic N) is 1. The van der Waals surface area contributed by atoms with E-state index in [9.17, 15) is 0 Å². The lowest BCUT2D eigenvalue weighted by Crippen LogP contribution is -2.44. The topological polar surface area (TPSA) is 24.5 Å². The van der Waals surface area contributed by atoms with Crippen molar-refractivity contribution >= 4 is 0 Å². The molecule has 0 spiro atoms. The van der Waals surface area contributed by atoms with Gasteiger partial charge in [-0.2, -0.15) is 0 Å². The highest BCUT2D eigenvalue weighted by Crippen LogP contribution is 2.32. The Morgan fingerprint density at radius 3 is 3.05 bits per heavy atom. The molecule has 1 saturated heterocycles. The van der Waals surface area contributed by atoms with Gasteiger partial charge in [0.25, 0.3) is 0 Å². The highest BCUT2D eigenvalue weighted by molar-refractivity contribution is 5.31. The number of benzene rings is 1. The average Bonchev–Trinajstić information content (AvgIpc) is 2.52. The van der Waals surface area contributed by atoms with Gasteiger partial charge >= 0.3 is 0 Å². The third-order valence-corrected chi connectivity index (χ3v) is 4.75. The lowest BCUT2D eigenvalue weighted by molar-refractivity contribution is 0.0147. The van der Waals surface area contributed by atoms with E-state index in [-0.39, 0.29) is 0 Å². The van der Waals surface area contributed by atoms with E-state index in [1.807, 2.05) is 0 Å². The van der Waals surface area contributed by atoms with Gasteiger partial charge in [-0.05, 0) is 43.0 Å². The van der Waals surface area contributed by atoms with E-state index >= 15 is 0 Å². The highest BCUT2D eigenvalue weighted by atomic mass is 16.5. The van der Waals surface area contributed by atoms with Crippen molar-refractivity contribution in [2.75, 3.05) is 26.2 Å². The number of ether oxygens (including phenoxy) is 1. The highest BCUT2D eigenvalue weighted by Gasteiger charge is 2.30. The molecule has 1 aromatic rings. The van der Waals surface area contributed by atoms with Gasteiger partial charge in [-0.1, -0.05) is 38.1 Å². The van der Waals surface area contributed by atoms with Crippen LogP contribution in [0.4, 0.5) is 0 Å². The van der Waals surface area contributed by atoms with Gasteiger partial charge in [-0.25, -0.2) is 0 Å². The summed E-state index contributed by atoms with van der Waals surface area (Å²) in [5.74, 6) is 0.773. The molecular formula is C18H28N2O. The summed E-state index contributed by atoms with van der Waals surface area (Å²) in [4.78, 5) is 2.65. The molecule has 1 aromatic carbocycles. The Morgan fingerprint density at radius 2 is 2.19 bits per heavy atom. The smallest absolute Gasteiger partial charge is 0.0721 e.